The first-order chi connectivity index (χ1) is 7.69. The zero-order chi connectivity index (χ0) is 13.0. The molecule has 0 spiro atoms. The fourth-order valence-electron chi connectivity index (χ4n) is 1.88. The maximum Gasteiger partial charge on any atom is 0.508 e. The molecule has 0 bridgehead atoms. The van der Waals surface area contributed by atoms with Gasteiger partial charge >= 0.3 is 5.84 Å². The van der Waals surface area contributed by atoms with E-state index in [0.717, 1.165) is 9.50 Å². The molecule has 0 unspecified atom stereocenters. The van der Waals surface area contributed by atoms with Crippen molar-refractivity contribution in [3.8, 4) is 0 Å². The summed E-state index contributed by atoms with van der Waals surface area (Å²) in [4.78, 5) is 12.3. The molecule has 1 aromatic heterocycles. The molecule has 0 saturated heterocycles. The van der Waals surface area contributed by atoms with Gasteiger partial charge in [0.05, 0.1) is 6.20 Å². The minimum absolute atomic E-state index is 0.133. The molecule has 6 heteroatoms. The number of rotatable bonds is 1. The molecule has 2 heterocycles. The molecule has 0 saturated carbocycles. The second-order valence-electron chi connectivity index (χ2n) is 5.43. The topological polar surface area (TPSA) is 64.0 Å². The van der Waals surface area contributed by atoms with Gasteiger partial charge in [-0.2, -0.15) is 5.10 Å². The molecule has 0 fully saturated rings. The number of aromatic nitrogens is 2. The summed E-state index contributed by atoms with van der Waals surface area (Å²) in [6, 6.07) is 0. The molecule has 2 rings (SSSR count). The highest BCUT2D eigenvalue weighted by atomic mass is 16.5. The van der Waals surface area contributed by atoms with Crippen molar-refractivity contribution in [2.75, 3.05) is 0 Å². The van der Waals surface area contributed by atoms with Crippen LogP contribution in [0.4, 0.5) is 0 Å². The first-order valence-corrected chi connectivity index (χ1v) is 5.50. The Bertz CT molecular complexity index is 525. The third-order valence-electron chi connectivity index (χ3n) is 3.86. The summed E-state index contributed by atoms with van der Waals surface area (Å²) in [5.41, 5.74) is -1.00. The van der Waals surface area contributed by atoms with Gasteiger partial charge in [0.15, 0.2) is 5.56 Å². The monoisotopic (exact) mass is 237 g/mol. The molecule has 92 valence electrons. The molecule has 0 atom stereocenters. The summed E-state index contributed by atoms with van der Waals surface area (Å²) in [6.45, 7) is 7.09. The van der Waals surface area contributed by atoms with Gasteiger partial charge in [-0.15, -0.1) is 4.74 Å². The average Bonchev–Trinajstić information content (AvgIpc) is 2.67. The summed E-state index contributed by atoms with van der Waals surface area (Å²) in [5, 5.41) is 16.3. The molecule has 17 heavy (non-hydrogen) atoms. The van der Waals surface area contributed by atoms with Gasteiger partial charge in [-0.1, -0.05) is 0 Å². The van der Waals surface area contributed by atoms with Crippen LogP contribution in [0.25, 0.3) is 0 Å². The van der Waals surface area contributed by atoms with Crippen LogP contribution in [0.15, 0.2) is 12.4 Å². The van der Waals surface area contributed by atoms with Crippen molar-refractivity contribution in [2.24, 2.45) is 7.05 Å². The van der Waals surface area contributed by atoms with Gasteiger partial charge in [-0.3, -0.25) is 4.68 Å². The molecule has 0 amide bonds. The van der Waals surface area contributed by atoms with E-state index in [4.69, 9.17) is 0 Å². The summed E-state index contributed by atoms with van der Waals surface area (Å²) in [6.07, 6.45) is 3.20. The van der Waals surface area contributed by atoms with Crippen LogP contribution in [-0.2, 0) is 7.05 Å². The number of nitrogens with zero attached hydrogens (tertiary/aromatic N) is 4. The van der Waals surface area contributed by atoms with Crippen LogP contribution in [0.5, 0.6) is 0 Å². The van der Waals surface area contributed by atoms with Crippen molar-refractivity contribution in [3.05, 3.63) is 28.1 Å². The van der Waals surface area contributed by atoms with Crippen LogP contribution >= 0.6 is 0 Å². The summed E-state index contributed by atoms with van der Waals surface area (Å²) < 4.78 is 3.15. The fourth-order valence-corrected chi connectivity index (χ4v) is 1.88. The first-order valence-electron chi connectivity index (χ1n) is 5.50. The maximum atomic E-state index is 12.3. The minimum atomic E-state index is -0.778. The van der Waals surface area contributed by atoms with Crippen LogP contribution < -0.4 is 0 Å². The molecular weight excluding hydrogens is 220 g/mol. The summed E-state index contributed by atoms with van der Waals surface area (Å²) in [7, 11) is 1.75. The molecule has 0 radical (unpaired) electrons. The van der Waals surface area contributed by atoms with E-state index in [9.17, 15) is 10.1 Å². The smallest absolute Gasteiger partial charge is 0.508 e. The third-order valence-corrected chi connectivity index (χ3v) is 3.86. The average molecular weight is 237 g/mol. The highest BCUT2D eigenvalue weighted by Crippen LogP contribution is 2.34. The molecule has 0 aliphatic carbocycles. The van der Waals surface area contributed by atoms with E-state index in [1.807, 2.05) is 0 Å². The zero-order valence-corrected chi connectivity index (χ0v) is 10.8. The molecule has 0 aromatic carbocycles. The second-order valence-corrected chi connectivity index (χ2v) is 5.43. The van der Waals surface area contributed by atoms with Gasteiger partial charge in [-0.05, 0) is 0 Å². The zero-order valence-electron chi connectivity index (χ0n) is 10.8. The van der Waals surface area contributed by atoms with Crippen molar-refractivity contribution in [1.29, 1.82) is 0 Å². The van der Waals surface area contributed by atoms with Crippen molar-refractivity contribution in [2.45, 2.75) is 38.8 Å². The van der Waals surface area contributed by atoms with Crippen molar-refractivity contribution in [1.82, 2.24) is 9.78 Å². The Kier molecular flexibility index (Phi) is 2.18. The Hall–Kier alpha value is -1.72. The van der Waals surface area contributed by atoms with E-state index in [1.165, 1.54) is 6.20 Å². The number of nitroso groups, excluding NO2 is 1. The van der Waals surface area contributed by atoms with Crippen LogP contribution in [0.2, 0.25) is 0 Å². The molecule has 0 N–H and O–H groups in total. The molecular formula is C11H17N4O2+. The quantitative estimate of drug-likeness (QED) is 0.541. The van der Waals surface area contributed by atoms with Crippen molar-refractivity contribution < 1.29 is 9.50 Å². The van der Waals surface area contributed by atoms with Gasteiger partial charge < -0.3 is 5.21 Å². The van der Waals surface area contributed by atoms with E-state index in [1.54, 1.807) is 45.6 Å². The predicted molar refractivity (Wildman–Crippen MR) is 62.7 cm³/mol. The second kappa shape index (κ2) is 3.15. The Morgan fingerprint density at radius 2 is 1.88 bits per heavy atom. The van der Waals surface area contributed by atoms with Crippen LogP contribution in [0, 0.1) is 10.1 Å². The lowest BCUT2D eigenvalue weighted by atomic mass is 9.84. The number of hydrogen-bond acceptors (Lipinski definition) is 3. The summed E-state index contributed by atoms with van der Waals surface area (Å²) in [5.74, 6) is 0.133. The summed E-state index contributed by atoms with van der Waals surface area (Å²) >= 11 is 0. The number of hydroxylamine groups is 1. The Morgan fingerprint density at radius 3 is 2.24 bits per heavy atom. The highest BCUT2D eigenvalue weighted by Gasteiger charge is 2.68. The molecule has 6 nitrogen and oxygen atoms in total. The van der Waals surface area contributed by atoms with Crippen LogP contribution in [-0.4, -0.2) is 36.2 Å². The first kappa shape index (κ1) is 11.8. The largest absolute Gasteiger partial charge is 0.618 e. The van der Waals surface area contributed by atoms with E-state index in [-0.39, 0.29) is 5.84 Å². The maximum absolute atomic E-state index is 12.3. The van der Waals surface area contributed by atoms with Crippen molar-refractivity contribution in [3.63, 3.8) is 0 Å². The third kappa shape index (κ3) is 1.33. The van der Waals surface area contributed by atoms with Crippen LogP contribution in [0.1, 0.15) is 33.3 Å². The van der Waals surface area contributed by atoms with E-state index >= 15 is 0 Å². The Labute approximate surface area is 99.7 Å². The Balaban J connectivity index is 2.63. The molecule has 1 aliphatic rings. The van der Waals surface area contributed by atoms with Gasteiger partial charge in [0, 0.05) is 45.8 Å². The van der Waals surface area contributed by atoms with E-state index in [2.05, 4.69) is 5.10 Å². The lowest BCUT2D eigenvalue weighted by molar-refractivity contribution is -0.555. The van der Waals surface area contributed by atoms with Gasteiger partial charge in [0.2, 0.25) is 5.54 Å². The van der Waals surface area contributed by atoms with Crippen LogP contribution in [0.3, 0.4) is 0 Å². The lowest BCUT2D eigenvalue weighted by Gasteiger charge is -2.22. The Morgan fingerprint density at radius 1 is 1.29 bits per heavy atom. The van der Waals surface area contributed by atoms with Gasteiger partial charge in [0.1, 0.15) is 4.76 Å². The number of aryl methyl sites for hydroxylation is 1. The molecule has 1 aromatic rings. The normalized spacial score (nSPS) is 22.3. The fraction of sp³-hybridized carbons (Fsp3) is 0.636. The van der Waals surface area contributed by atoms with Gasteiger partial charge in [-0.25, -0.2) is 0 Å². The van der Waals surface area contributed by atoms with Crippen molar-refractivity contribution >= 4 is 5.84 Å². The number of amidine groups is 1. The highest BCUT2D eigenvalue weighted by molar-refractivity contribution is 5.89. The van der Waals surface area contributed by atoms with E-state index < -0.39 is 11.1 Å². The standard InChI is InChI=1S/C11H17N4O2/c1-10(2)11(3,4)15(17)9(14(10)16)8-6-12-13(5)7-8/h6-7H,1-5H3/q+1. The minimum Gasteiger partial charge on any atom is -0.618 e. The lowest BCUT2D eigenvalue weighted by Crippen LogP contribution is -2.50. The number of hydrogen-bond donors (Lipinski definition) is 0. The predicted octanol–water partition coefficient (Wildman–Crippen LogP) is 1.03. The SMILES string of the molecule is Cn1cc(C2=[N+]([O-])C(C)(C)C(C)(C)[N+]2=O)cn1. The van der Waals surface area contributed by atoms with E-state index in [0.29, 0.717) is 5.56 Å². The van der Waals surface area contributed by atoms with Gasteiger partial charge in [0.25, 0.3) is 5.54 Å². The molecule has 1 aliphatic heterocycles.